The van der Waals surface area contributed by atoms with E-state index in [1.165, 1.54) is 6.07 Å². The van der Waals surface area contributed by atoms with Crippen molar-refractivity contribution in [1.29, 1.82) is 0 Å². The molecule has 1 atom stereocenters. The molecular formula is C14H14ClFN2S. The van der Waals surface area contributed by atoms with Gasteiger partial charge in [-0.3, -0.25) is 0 Å². The summed E-state index contributed by atoms with van der Waals surface area (Å²) in [4.78, 5) is 4.49. The van der Waals surface area contributed by atoms with Gasteiger partial charge in [0.05, 0.1) is 6.04 Å². The lowest BCUT2D eigenvalue weighted by Gasteiger charge is -2.17. The first-order valence-electron chi connectivity index (χ1n) is 6.26. The van der Waals surface area contributed by atoms with Crippen LogP contribution in [0.5, 0.6) is 0 Å². The molecule has 1 aliphatic rings. The standard InChI is InChI=1S/C14H14ClFN2S/c1-8-7-19-14(17-8)13(18-10-3-4-10)11-6-9(15)2-5-12(11)16/h2,5-7,10,13,18H,3-4H2,1H3. The second kappa shape index (κ2) is 5.19. The van der Waals surface area contributed by atoms with Crippen molar-refractivity contribution in [3.63, 3.8) is 0 Å². The van der Waals surface area contributed by atoms with Crippen LogP contribution in [0.2, 0.25) is 5.02 Å². The molecule has 0 spiro atoms. The van der Waals surface area contributed by atoms with E-state index in [1.807, 2.05) is 12.3 Å². The van der Waals surface area contributed by atoms with Crippen LogP contribution < -0.4 is 5.32 Å². The van der Waals surface area contributed by atoms with Crippen LogP contribution >= 0.6 is 22.9 Å². The van der Waals surface area contributed by atoms with Gasteiger partial charge in [0.15, 0.2) is 0 Å². The molecule has 0 amide bonds. The second-order valence-electron chi connectivity index (χ2n) is 4.87. The Labute approximate surface area is 120 Å². The molecular weight excluding hydrogens is 283 g/mol. The van der Waals surface area contributed by atoms with Gasteiger partial charge < -0.3 is 5.32 Å². The Kier molecular flexibility index (Phi) is 3.56. The Hall–Kier alpha value is -0.970. The van der Waals surface area contributed by atoms with Crippen molar-refractivity contribution in [1.82, 2.24) is 10.3 Å². The summed E-state index contributed by atoms with van der Waals surface area (Å²) in [5.74, 6) is -0.240. The molecule has 1 N–H and O–H groups in total. The molecule has 2 nitrogen and oxygen atoms in total. The first kappa shape index (κ1) is 13.0. The van der Waals surface area contributed by atoms with Crippen LogP contribution in [-0.4, -0.2) is 11.0 Å². The molecule has 0 saturated heterocycles. The van der Waals surface area contributed by atoms with Gasteiger partial charge in [0.1, 0.15) is 10.8 Å². The fourth-order valence-corrected chi connectivity index (χ4v) is 3.07. The van der Waals surface area contributed by atoms with E-state index in [1.54, 1.807) is 23.5 Å². The predicted molar refractivity (Wildman–Crippen MR) is 76.3 cm³/mol. The van der Waals surface area contributed by atoms with Gasteiger partial charge in [0.25, 0.3) is 0 Å². The average Bonchev–Trinajstić information content (AvgIpc) is 3.10. The minimum Gasteiger partial charge on any atom is -0.301 e. The molecule has 0 radical (unpaired) electrons. The third-order valence-electron chi connectivity index (χ3n) is 3.13. The number of benzene rings is 1. The van der Waals surface area contributed by atoms with Crippen molar-refractivity contribution in [3.8, 4) is 0 Å². The molecule has 100 valence electrons. The normalized spacial score (nSPS) is 16.6. The van der Waals surface area contributed by atoms with Crippen molar-refractivity contribution in [2.24, 2.45) is 0 Å². The molecule has 1 heterocycles. The first-order chi connectivity index (χ1) is 9.13. The lowest BCUT2D eigenvalue weighted by molar-refractivity contribution is 0.544. The van der Waals surface area contributed by atoms with Crippen LogP contribution in [0, 0.1) is 12.7 Å². The quantitative estimate of drug-likeness (QED) is 0.919. The number of nitrogens with zero attached hydrogens (tertiary/aromatic N) is 1. The van der Waals surface area contributed by atoms with Crippen LogP contribution in [-0.2, 0) is 0 Å². The number of nitrogens with one attached hydrogen (secondary N) is 1. The molecule has 3 rings (SSSR count). The molecule has 1 fully saturated rings. The number of rotatable bonds is 4. The Morgan fingerprint density at radius 1 is 1.47 bits per heavy atom. The van der Waals surface area contributed by atoms with E-state index in [-0.39, 0.29) is 11.9 Å². The van der Waals surface area contributed by atoms with Gasteiger partial charge in [-0.15, -0.1) is 11.3 Å². The molecule has 1 unspecified atom stereocenters. The number of halogens is 2. The molecule has 2 aromatic rings. The molecule has 19 heavy (non-hydrogen) atoms. The fraction of sp³-hybridized carbons (Fsp3) is 0.357. The van der Waals surface area contributed by atoms with Gasteiger partial charge in [0, 0.05) is 27.7 Å². The van der Waals surface area contributed by atoms with E-state index in [2.05, 4.69) is 10.3 Å². The molecule has 0 aliphatic heterocycles. The second-order valence-corrected chi connectivity index (χ2v) is 6.19. The van der Waals surface area contributed by atoms with Crippen molar-refractivity contribution in [2.45, 2.75) is 31.8 Å². The van der Waals surface area contributed by atoms with Crippen LogP contribution in [0.25, 0.3) is 0 Å². The van der Waals surface area contributed by atoms with Gasteiger partial charge in [-0.1, -0.05) is 11.6 Å². The highest BCUT2D eigenvalue weighted by atomic mass is 35.5. The Morgan fingerprint density at radius 2 is 2.26 bits per heavy atom. The zero-order valence-electron chi connectivity index (χ0n) is 10.5. The number of hydrogen-bond donors (Lipinski definition) is 1. The average molecular weight is 297 g/mol. The maximum absolute atomic E-state index is 14.1. The van der Waals surface area contributed by atoms with E-state index in [4.69, 9.17) is 11.6 Å². The van der Waals surface area contributed by atoms with Gasteiger partial charge in [-0.05, 0) is 38.0 Å². The van der Waals surface area contributed by atoms with Crippen LogP contribution in [0.1, 0.15) is 35.1 Å². The molecule has 1 aromatic heterocycles. The highest BCUT2D eigenvalue weighted by Gasteiger charge is 2.29. The summed E-state index contributed by atoms with van der Waals surface area (Å²) in [7, 11) is 0. The molecule has 1 aromatic carbocycles. The minimum atomic E-state index is -0.240. The first-order valence-corrected chi connectivity index (χ1v) is 7.52. The fourth-order valence-electron chi connectivity index (χ4n) is 2.02. The van der Waals surface area contributed by atoms with E-state index in [9.17, 15) is 4.39 Å². The molecule has 5 heteroatoms. The summed E-state index contributed by atoms with van der Waals surface area (Å²) in [6.07, 6.45) is 2.28. The van der Waals surface area contributed by atoms with Gasteiger partial charge in [-0.2, -0.15) is 0 Å². The van der Waals surface area contributed by atoms with Crippen molar-refractivity contribution in [2.75, 3.05) is 0 Å². The third kappa shape index (κ3) is 2.96. The summed E-state index contributed by atoms with van der Waals surface area (Å²) in [6.45, 7) is 1.95. The van der Waals surface area contributed by atoms with Crippen molar-refractivity contribution < 1.29 is 4.39 Å². The van der Waals surface area contributed by atoms with E-state index >= 15 is 0 Å². The van der Waals surface area contributed by atoms with Crippen LogP contribution in [0.3, 0.4) is 0 Å². The summed E-state index contributed by atoms with van der Waals surface area (Å²) in [5, 5.41) is 6.88. The number of hydrogen-bond acceptors (Lipinski definition) is 3. The van der Waals surface area contributed by atoms with Crippen molar-refractivity contribution in [3.05, 3.63) is 50.7 Å². The summed E-state index contributed by atoms with van der Waals surface area (Å²) in [5.41, 5.74) is 1.54. The zero-order chi connectivity index (χ0) is 13.4. The minimum absolute atomic E-state index is 0.204. The SMILES string of the molecule is Cc1csc(C(NC2CC2)c2cc(Cl)ccc2F)n1. The third-order valence-corrected chi connectivity index (χ3v) is 4.40. The van der Waals surface area contributed by atoms with E-state index < -0.39 is 0 Å². The summed E-state index contributed by atoms with van der Waals surface area (Å²) >= 11 is 7.55. The predicted octanol–water partition coefficient (Wildman–Crippen LogP) is 4.09. The number of aryl methyl sites for hydroxylation is 1. The number of aromatic nitrogens is 1. The van der Waals surface area contributed by atoms with E-state index in [0.29, 0.717) is 16.6 Å². The summed E-state index contributed by atoms with van der Waals surface area (Å²) < 4.78 is 14.1. The maximum Gasteiger partial charge on any atom is 0.128 e. The highest BCUT2D eigenvalue weighted by molar-refractivity contribution is 7.09. The van der Waals surface area contributed by atoms with Gasteiger partial charge in [-0.25, -0.2) is 9.37 Å². The smallest absolute Gasteiger partial charge is 0.128 e. The van der Waals surface area contributed by atoms with Crippen LogP contribution in [0.4, 0.5) is 4.39 Å². The Balaban J connectivity index is 2.00. The molecule has 1 aliphatic carbocycles. The van der Waals surface area contributed by atoms with E-state index in [0.717, 1.165) is 23.5 Å². The van der Waals surface area contributed by atoms with Gasteiger partial charge in [0.2, 0.25) is 0 Å². The Morgan fingerprint density at radius 3 is 2.89 bits per heavy atom. The summed E-state index contributed by atoms with van der Waals surface area (Å²) in [6, 6.07) is 4.94. The molecule has 0 bridgehead atoms. The monoisotopic (exact) mass is 296 g/mol. The number of thiazole rings is 1. The maximum atomic E-state index is 14.1. The lowest BCUT2D eigenvalue weighted by Crippen LogP contribution is -2.25. The topological polar surface area (TPSA) is 24.9 Å². The van der Waals surface area contributed by atoms with Crippen LogP contribution in [0.15, 0.2) is 23.6 Å². The lowest BCUT2D eigenvalue weighted by atomic mass is 10.1. The van der Waals surface area contributed by atoms with Crippen molar-refractivity contribution >= 4 is 22.9 Å². The zero-order valence-corrected chi connectivity index (χ0v) is 12.1. The largest absolute Gasteiger partial charge is 0.301 e. The molecule has 1 saturated carbocycles. The Bertz CT molecular complexity index is 595. The van der Waals surface area contributed by atoms with Gasteiger partial charge >= 0.3 is 0 Å². The highest BCUT2D eigenvalue weighted by Crippen LogP contribution is 2.32.